The molecule has 0 aliphatic rings. The molecule has 2 rings (SSSR count). The average Bonchev–Trinajstić information content (AvgIpc) is 2.36. The highest BCUT2D eigenvalue weighted by atomic mass is 35.5. The van der Waals surface area contributed by atoms with Gasteiger partial charge in [0.15, 0.2) is 0 Å². The van der Waals surface area contributed by atoms with Gasteiger partial charge in [0, 0.05) is 5.39 Å². The van der Waals surface area contributed by atoms with Crippen molar-refractivity contribution in [3.8, 4) is 0 Å². The zero-order chi connectivity index (χ0) is 12.4. The van der Waals surface area contributed by atoms with Gasteiger partial charge in [-0.3, -0.25) is 0 Å². The Morgan fingerprint density at radius 1 is 1.18 bits per heavy atom. The first-order valence-corrected chi connectivity index (χ1v) is 5.90. The number of alkyl halides is 2. The lowest BCUT2D eigenvalue weighted by Crippen LogP contribution is -2.03. The Hall–Kier alpha value is -1.25. The number of hydrogen-bond donors (Lipinski definition) is 0. The minimum absolute atomic E-state index is 0.392. The van der Waals surface area contributed by atoms with Gasteiger partial charge in [0.2, 0.25) is 0 Å². The Morgan fingerprint density at radius 2 is 1.82 bits per heavy atom. The van der Waals surface area contributed by atoms with E-state index in [0.717, 1.165) is 10.8 Å². The standard InChI is InChI=1S/C13H10Cl2O2/c1-17-13(16)10-7-3-5-8-4-2-6-9(11(8)10)12(14)15/h2-7,12H,1H3. The summed E-state index contributed by atoms with van der Waals surface area (Å²) in [6.07, 6.45) is 0. The van der Waals surface area contributed by atoms with Gasteiger partial charge in [-0.05, 0) is 17.0 Å². The van der Waals surface area contributed by atoms with E-state index in [0.29, 0.717) is 11.1 Å². The van der Waals surface area contributed by atoms with Crippen LogP contribution in [0, 0.1) is 0 Å². The molecule has 0 radical (unpaired) electrons. The van der Waals surface area contributed by atoms with Crippen molar-refractivity contribution in [2.45, 2.75) is 4.84 Å². The predicted octanol–water partition coefficient (Wildman–Crippen LogP) is 4.10. The topological polar surface area (TPSA) is 26.3 Å². The molecule has 2 aromatic rings. The second-order valence-electron chi connectivity index (χ2n) is 3.54. The molecule has 0 unspecified atom stereocenters. The number of benzene rings is 2. The van der Waals surface area contributed by atoms with E-state index < -0.39 is 10.8 Å². The molecule has 2 nitrogen and oxygen atoms in total. The molecule has 0 N–H and O–H groups in total. The van der Waals surface area contributed by atoms with Gasteiger partial charge in [-0.1, -0.05) is 30.3 Å². The zero-order valence-corrected chi connectivity index (χ0v) is 10.6. The molecule has 4 heteroatoms. The van der Waals surface area contributed by atoms with Crippen molar-refractivity contribution in [3.05, 3.63) is 47.5 Å². The van der Waals surface area contributed by atoms with Crippen LogP contribution in [0.3, 0.4) is 0 Å². The van der Waals surface area contributed by atoms with Crippen molar-refractivity contribution in [1.82, 2.24) is 0 Å². The van der Waals surface area contributed by atoms with Crippen LogP contribution in [-0.4, -0.2) is 13.1 Å². The summed E-state index contributed by atoms with van der Waals surface area (Å²) in [5.41, 5.74) is 1.19. The van der Waals surface area contributed by atoms with E-state index in [2.05, 4.69) is 0 Å². The Labute approximate surface area is 109 Å². The molecule has 0 aliphatic heterocycles. The molecule has 0 saturated carbocycles. The van der Waals surface area contributed by atoms with E-state index in [1.807, 2.05) is 18.2 Å². The van der Waals surface area contributed by atoms with Crippen LogP contribution in [-0.2, 0) is 4.74 Å². The largest absolute Gasteiger partial charge is 0.465 e. The van der Waals surface area contributed by atoms with Crippen LogP contribution in [0.25, 0.3) is 10.8 Å². The molecule has 0 fully saturated rings. The third-order valence-corrected chi connectivity index (χ3v) is 3.05. The van der Waals surface area contributed by atoms with E-state index in [9.17, 15) is 4.79 Å². The summed E-state index contributed by atoms with van der Waals surface area (Å²) in [4.78, 5) is 11.0. The maximum Gasteiger partial charge on any atom is 0.338 e. The first-order chi connectivity index (χ1) is 8.15. The molecule has 88 valence electrons. The fraction of sp³-hybridized carbons (Fsp3) is 0.154. The fourth-order valence-electron chi connectivity index (χ4n) is 1.83. The van der Waals surface area contributed by atoms with Gasteiger partial charge in [-0.25, -0.2) is 4.79 Å². The summed E-state index contributed by atoms with van der Waals surface area (Å²) in [6, 6.07) is 11.0. The van der Waals surface area contributed by atoms with Crippen LogP contribution in [0.5, 0.6) is 0 Å². The highest BCUT2D eigenvalue weighted by molar-refractivity contribution is 6.44. The van der Waals surface area contributed by atoms with E-state index in [1.165, 1.54) is 7.11 Å². The summed E-state index contributed by atoms with van der Waals surface area (Å²) in [6.45, 7) is 0. The molecular formula is C13H10Cl2O2. The number of rotatable bonds is 2. The first kappa shape index (κ1) is 12.2. The van der Waals surface area contributed by atoms with E-state index in [-0.39, 0.29) is 0 Å². The summed E-state index contributed by atoms with van der Waals surface area (Å²) in [5, 5.41) is 1.66. The zero-order valence-electron chi connectivity index (χ0n) is 9.11. The van der Waals surface area contributed by atoms with Gasteiger partial charge in [0.1, 0.15) is 4.84 Å². The molecule has 17 heavy (non-hydrogen) atoms. The molecule has 0 atom stereocenters. The second kappa shape index (κ2) is 4.94. The van der Waals surface area contributed by atoms with Crippen molar-refractivity contribution in [3.63, 3.8) is 0 Å². The number of esters is 1. The van der Waals surface area contributed by atoms with Crippen LogP contribution >= 0.6 is 23.2 Å². The summed E-state index contributed by atoms with van der Waals surface area (Å²) in [7, 11) is 1.35. The molecule has 0 aliphatic carbocycles. The maximum absolute atomic E-state index is 11.7. The van der Waals surface area contributed by atoms with Crippen molar-refractivity contribution < 1.29 is 9.53 Å². The number of ether oxygens (including phenoxy) is 1. The first-order valence-electron chi connectivity index (χ1n) is 5.03. The number of fused-ring (bicyclic) bond motifs is 1. The Kier molecular flexibility index (Phi) is 3.55. The summed E-state index contributed by atoms with van der Waals surface area (Å²) < 4.78 is 4.75. The van der Waals surface area contributed by atoms with Gasteiger partial charge in [0.05, 0.1) is 12.7 Å². The third-order valence-electron chi connectivity index (χ3n) is 2.58. The number of halogens is 2. The average molecular weight is 269 g/mol. The van der Waals surface area contributed by atoms with Crippen LogP contribution in [0.4, 0.5) is 0 Å². The van der Waals surface area contributed by atoms with Crippen molar-refractivity contribution >= 4 is 39.9 Å². The lowest BCUT2D eigenvalue weighted by Gasteiger charge is -2.10. The number of carbonyl (C=O) groups excluding carboxylic acids is 1. The molecule has 0 aromatic heterocycles. The fourth-order valence-corrected chi connectivity index (χ4v) is 2.20. The minimum atomic E-state index is -0.676. The smallest absolute Gasteiger partial charge is 0.338 e. The predicted molar refractivity (Wildman–Crippen MR) is 69.7 cm³/mol. The molecule has 0 saturated heterocycles. The molecule has 0 bridgehead atoms. The normalized spacial score (nSPS) is 10.8. The minimum Gasteiger partial charge on any atom is -0.465 e. The van der Waals surface area contributed by atoms with Crippen molar-refractivity contribution in [2.24, 2.45) is 0 Å². The van der Waals surface area contributed by atoms with Crippen molar-refractivity contribution in [2.75, 3.05) is 7.11 Å². The van der Waals surface area contributed by atoms with Gasteiger partial charge in [-0.2, -0.15) is 0 Å². The van der Waals surface area contributed by atoms with E-state index >= 15 is 0 Å². The van der Waals surface area contributed by atoms with E-state index in [4.69, 9.17) is 27.9 Å². The number of methoxy groups -OCH3 is 1. The summed E-state index contributed by atoms with van der Waals surface area (Å²) >= 11 is 11.8. The quantitative estimate of drug-likeness (QED) is 0.606. The maximum atomic E-state index is 11.7. The van der Waals surface area contributed by atoms with Gasteiger partial charge in [-0.15, -0.1) is 23.2 Å². The van der Waals surface area contributed by atoms with Crippen LogP contribution in [0.1, 0.15) is 20.8 Å². The molecule has 0 heterocycles. The Morgan fingerprint density at radius 3 is 2.41 bits per heavy atom. The lowest BCUT2D eigenvalue weighted by molar-refractivity contribution is 0.0603. The monoisotopic (exact) mass is 268 g/mol. The Bertz CT molecular complexity index is 559. The highest BCUT2D eigenvalue weighted by Gasteiger charge is 2.16. The SMILES string of the molecule is COC(=O)c1cccc2cccc(C(Cl)Cl)c12. The van der Waals surface area contributed by atoms with Crippen molar-refractivity contribution in [1.29, 1.82) is 0 Å². The van der Waals surface area contributed by atoms with Crippen LogP contribution < -0.4 is 0 Å². The lowest BCUT2D eigenvalue weighted by atomic mass is 10.00. The molecule has 0 amide bonds. The van der Waals surface area contributed by atoms with Crippen LogP contribution in [0.2, 0.25) is 0 Å². The third kappa shape index (κ3) is 2.24. The number of carbonyl (C=O) groups is 1. The highest BCUT2D eigenvalue weighted by Crippen LogP contribution is 2.33. The van der Waals surface area contributed by atoms with Crippen LogP contribution in [0.15, 0.2) is 36.4 Å². The summed E-state index contributed by atoms with van der Waals surface area (Å²) in [5.74, 6) is -0.392. The van der Waals surface area contributed by atoms with E-state index in [1.54, 1.807) is 18.2 Å². The molecule has 0 spiro atoms. The van der Waals surface area contributed by atoms with Gasteiger partial charge < -0.3 is 4.74 Å². The van der Waals surface area contributed by atoms with Gasteiger partial charge >= 0.3 is 5.97 Å². The molecular weight excluding hydrogens is 259 g/mol. The van der Waals surface area contributed by atoms with Gasteiger partial charge in [0.25, 0.3) is 0 Å². The molecule has 2 aromatic carbocycles. The second-order valence-corrected chi connectivity index (χ2v) is 4.64. The number of hydrogen-bond acceptors (Lipinski definition) is 2. The Balaban J connectivity index is 2.80.